The summed E-state index contributed by atoms with van der Waals surface area (Å²) in [4.78, 5) is 12.4. The second-order valence-corrected chi connectivity index (χ2v) is 6.20. The summed E-state index contributed by atoms with van der Waals surface area (Å²) in [6.07, 6.45) is 0.935. The van der Waals surface area contributed by atoms with Crippen molar-refractivity contribution in [1.29, 1.82) is 0 Å². The number of hydrogen-bond acceptors (Lipinski definition) is 2. The van der Waals surface area contributed by atoms with Gasteiger partial charge < -0.3 is 15.4 Å². The molecule has 0 aliphatic carbocycles. The van der Waals surface area contributed by atoms with Gasteiger partial charge in [-0.3, -0.25) is 4.79 Å². The van der Waals surface area contributed by atoms with Crippen LogP contribution in [0.2, 0.25) is 5.02 Å². The SMILES string of the molecule is CC[C@H]([NH2+][C@H](C)C(=O)Nc1ccc(Cl)cc1)c1ccc(OC)cc1. The fraction of sp³-hybridized carbons (Fsp3) is 0.316. The smallest absolute Gasteiger partial charge is 0.282 e. The minimum atomic E-state index is -0.201. The Labute approximate surface area is 148 Å². The Morgan fingerprint density at radius 3 is 2.33 bits per heavy atom. The Kier molecular flexibility index (Phi) is 6.64. The van der Waals surface area contributed by atoms with Gasteiger partial charge in [0.05, 0.1) is 7.11 Å². The van der Waals surface area contributed by atoms with E-state index in [0.717, 1.165) is 17.9 Å². The predicted molar refractivity (Wildman–Crippen MR) is 97.5 cm³/mol. The third kappa shape index (κ3) is 4.98. The Balaban J connectivity index is 1.98. The number of anilines is 1. The maximum absolute atomic E-state index is 12.4. The number of carbonyl (C=O) groups is 1. The lowest BCUT2D eigenvalue weighted by Gasteiger charge is -2.19. The highest BCUT2D eigenvalue weighted by Crippen LogP contribution is 2.17. The summed E-state index contributed by atoms with van der Waals surface area (Å²) in [5.41, 5.74) is 1.94. The van der Waals surface area contributed by atoms with E-state index in [4.69, 9.17) is 16.3 Å². The third-order valence-electron chi connectivity index (χ3n) is 4.03. The summed E-state index contributed by atoms with van der Waals surface area (Å²) in [6, 6.07) is 15.1. The number of amides is 1. The van der Waals surface area contributed by atoms with Gasteiger partial charge in [0, 0.05) is 22.7 Å². The molecule has 0 bridgehead atoms. The van der Waals surface area contributed by atoms with Crippen molar-refractivity contribution in [3.8, 4) is 5.75 Å². The summed E-state index contributed by atoms with van der Waals surface area (Å²) in [7, 11) is 1.65. The first kappa shape index (κ1) is 18.3. The third-order valence-corrected chi connectivity index (χ3v) is 4.28. The van der Waals surface area contributed by atoms with Gasteiger partial charge >= 0.3 is 0 Å². The summed E-state index contributed by atoms with van der Waals surface area (Å²) >= 11 is 5.86. The van der Waals surface area contributed by atoms with Crippen LogP contribution in [0, 0.1) is 0 Å². The van der Waals surface area contributed by atoms with E-state index in [0.29, 0.717) is 5.02 Å². The molecule has 2 aromatic rings. The first-order chi connectivity index (χ1) is 11.5. The zero-order valence-electron chi connectivity index (χ0n) is 14.3. The molecule has 0 aromatic heterocycles. The van der Waals surface area contributed by atoms with Crippen molar-refractivity contribution in [3.63, 3.8) is 0 Å². The molecular formula is C19H24ClN2O2+. The van der Waals surface area contributed by atoms with Crippen LogP contribution in [-0.4, -0.2) is 19.1 Å². The molecule has 0 aliphatic rings. The second-order valence-electron chi connectivity index (χ2n) is 5.77. The zero-order chi connectivity index (χ0) is 17.5. The van der Waals surface area contributed by atoms with E-state index in [2.05, 4.69) is 17.6 Å². The molecule has 0 fully saturated rings. The van der Waals surface area contributed by atoms with Crippen molar-refractivity contribution in [3.05, 3.63) is 59.1 Å². The largest absolute Gasteiger partial charge is 0.497 e. The molecule has 2 rings (SSSR count). The molecule has 2 aromatic carbocycles. The molecule has 0 heterocycles. The van der Waals surface area contributed by atoms with E-state index in [1.54, 1.807) is 31.4 Å². The maximum Gasteiger partial charge on any atom is 0.282 e. The van der Waals surface area contributed by atoms with Crippen molar-refractivity contribution in [2.75, 3.05) is 12.4 Å². The van der Waals surface area contributed by atoms with E-state index in [1.807, 2.05) is 31.2 Å². The summed E-state index contributed by atoms with van der Waals surface area (Å²) in [5.74, 6) is 0.811. The van der Waals surface area contributed by atoms with Crippen molar-refractivity contribution >= 4 is 23.2 Å². The number of carbonyl (C=O) groups excluding carboxylic acids is 1. The Bertz CT molecular complexity index is 656. The van der Waals surface area contributed by atoms with Crippen molar-refractivity contribution in [1.82, 2.24) is 0 Å². The molecule has 0 aliphatic heterocycles. The maximum atomic E-state index is 12.4. The molecule has 4 nitrogen and oxygen atoms in total. The molecule has 2 atom stereocenters. The Morgan fingerprint density at radius 2 is 1.79 bits per heavy atom. The standard InChI is InChI=1S/C19H23ClN2O2/c1-4-18(14-5-11-17(24-3)12-6-14)21-13(2)19(23)22-16-9-7-15(20)8-10-16/h5-13,18,21H,4H2,1-3H3,(H,22,23)/p+1/t13-,18+/m1/s1. The zero-order valence-corrected chi connectivity index (χ0v) is 15.0. The number of nitrogens with one attached hydrogen (secondary N) is 1. The summed E-state index contributed by atoms with van der Waals surface area (Å²) in [6.45, 7) is 4.03. The van der Waals surface area contributed by atoms with E-state index < -0.39 is 0 Å². The highest BCUT2D eigenvalue weighted by molar-refractivity contribution is 6.30. The van der Waals surface area contributed by atoms with Crippen LogP contribution in [0.25, 0.3) is 0 Å². The van der Waals surface area contributed by atoms with Gasteiger partial charge in [0.15, 0.2) is 6.04 Å². The van der Waals surface area contributed by atoms with Crippen LogP contribution in [0.5, 0.6) is 5.75 Å². The van der Waals surface area contributed by atoms with Gasteiger partial charge in [-0.25, -0.2) is 0 Å². The lowest BCUT2D eigenvalue weighted by Crippen LogP contribution is -2.92. The quantitative estimate of drug-likeness (QED) is 0.806. The molecule has 24 heavy (non-hydrogen) atoms. The molecular weight excluding hydrogens is 324 g/mol. The molecule has 0 radical (unpaired) electrons. The van der Waals surface area contributed by atoms with Crippen molar-refractivity contribution in [2.45, 2.75) is 32.4 Å². The Morgan fingerprint density at radius 1 is 1.17 bits per heavy atom. The molecule has 1 amide bonds. The van der Waals surface area contributed by atoms with E-state index in [-0.39, 0.29) is 18.0 Å². The molecule has 0 unspecified atom stereocenters. The average molecular weight is 348 g/mol. The average Bonchev–Trinajstić information content (AvgIpc) is 2.61. The van der Waals surface area contributed by atoms with Gasteiger partial charge in [-0.1, -0.05) is 18.5 Å². The van der Waals surface area contributed by atoms with Crippen LogP contribution in [-0.2, 0) is 4.79 Å². The molecule has 0 saturated heterocycles. The van der Waals surface area contributed by atoms with Gasteiger partial charge in [-0.05, 0) is 55.5 Å². The first-order valence-corrected chi connectivity index (χ1v) is 8.46. The Hall–Kier alpha value is -2.04. The molecule has 0 saturated carbocycles. The predicted octanol–water partition coefficient (Wildman–Crippen LogP) is 3.39. The number of benzene rings is 2. The van der Waals surface area contributed by atoms with Gasteiger partial charge in [-0.2, -0.15) is 0 Å². The molecule has 3 N–H and O–H groups in total. The van der Waals surface area contributed by atoms with Crippen LogP contribution in [0.1, 0.15) is 31.9 Å². The van der Waals surface area contributed by atoms with Crippen LogP contribution in [0.15, 0.2) is 48.5 Å². The number of methoxy groups -OCH3 is 1. The fourth-order valence-electron chi connectivity index (χ4n) is 2.56. The molecule has 0 spiro atoms. The van der Waals surface area contributed by atoms with Crippen LogP contribution < -0.4 is 15.4 Å². The van der Waals surface area contributed by atoms with Crippen molar-refractivity contribution in [2.24, 2.45) is 0 Å². The van der Waals surface area contributed by atoms with Crippen LogP contribution in [0.3, 0.4) is 0 Å². The lowest BCUT2D eigenvalue weighted by atomic mass is 10.0. The summed E-state index contributed by atoms with van der Waals surface area (Å²) < 4.78 is 5.19. The molecule has 128 valence electrons. The fourth-order valence-corrected chi connectivity index (χ4v) is 2.69. The van der Waals surface area contributed by atoms with Gasteiger partial charge in [0.1, 0.15) is 11.8 Å². The number of hydrogen-bond donors (Lipinski definition) is 2. The molecule has 5 heteroatoms. The normalized spacial score (nSPS) is 13.2. The number of ether oxygens (including phenoxy) is 1. The van der Waals surface area contributed by atoms with Crippen LogP contribution in [0.4, 0.5) is 5.69 Å². The second kappa shape index (κ2) is 8.71. The summed E-state index contributed by atoms with van der Waals surface area (Å²) in [5, 5.41) is 5.66. The highest BCUT2D eigenvalue weighted by Gasteiger charge is 2.22. The number of rotatable bonds is 7. The minimum Gasteiger partial charge on any atom is -0.497 e. The first-order valence-electron chi connectivity index (χ1n) is 8.08. The number of halogens is 1. The minimum absolute atomic E-state index is 0.0238. The van der Waals surface area contributed by atoms with Crippen LogP contribution >= 0.6 is 11.6 Å². The highest BCUT2D eigenvalue weighted by atomic mass is 35.5. The van der Waals surface area contributed by atoms with Gasteiger partial charge in [0.2, 0.25) is 0 Å². The van der Waals surface area contributed by atoms with Crippen molar-refractivity contribution < 1.29 is 14.8 Å². The number of quaternary nitrogens is 1. The van der Waals surface area contributed by atoms with E-state index in [1.165, 1.54) is 5.56 Å². The lowest BCUT2D eigenvalue weighted by molar-refractivity contribution is -0.713. The number of nitrogens with two attached hydrogens (primary N) is 1. The van der Waals surface area contributed by atoms with Gasteiger partial charge in [-0.15, -0.1) is 0 Å². The topological polar surface area (TPSA) is 54.9 Å². The van der Waals surface area contributed by atoms with Gasteiger partial charge in [0.25, 0.3) is 5.91 Å². The van der Waals surface area contributed by atoms with E-state index >= 15 is 0 Å². The van der Waals surface area contributed by atoms with E-state index in [9.17, 15) is 4.79 Å². The monoisotopic (exact) mass is 347 g/mol.